The average Bonchev–Trinajstić information content (AvgIpc) is 2.55. The first kappa shape index (κ1) is 25.9. The molecule has 0 aliphatic rings. The summed E-state index contributed by atoms with van der Waals surface area (Å²) >= 11 is 0. The van der Waals surface area contributed by atoms with Crippen molar-refractivity contribution in [2.75, 3.05) is 12.3 Å². The van der Waals surface area contributed by atoms with Gasteiger partial charge < -0.3 is 5.32 Å². The third-order valence-corrected chi connectivity index (χ3v) is 5.89. The first-order chi connectivity index (χ1) is 12.3. The normalized spacial score (nSPS) is 12.6. The van der Waals surface area contributed by atoms with Crippen molar-refractivity contribution in [3.8, 4) is 0 Å². The van der Waals surface area contributed by atoms with Crippen LogP contribution in [0, 0.1) is 0 Å². The molecule has 0 fully saturated rings. The van der Waals surface area contributed by atoms with Crippen LogP contribution in [0.2, 0.25) is 0 Å². The lowest BCUT2D eigenvalue weighted by molar-refractivity contribution is 0.347. The summed E-state index contributed by atoms with van der Waals surface area (Å²) in [5.41, 5.74) is 0.0387. The Morgan fingerprint density at radius 3 is 1.58 bits per heavy atom. The highest BCUT2D eigenvalue weighted by Crippen LogP contribution is 2.16. The molecule has 0 spiro atoms. The maximum atomic E-state index is 10.7. The predicted octanol–water partition coefficient (Wildman–Crippen LogP) is 6.11. The minimum Gasteiger partial charge on any atom is -0.312 e. The molecule has 0 aromatic rings. The zero-order valence-corrected chi connectivity index (χ0v) is 18.5. The summed E-state index contributed by atoms with van der Waals surface area (Å²) in [4.78, 5) is 0. The van der Waals surface area contributed by atoms with Gasteiger partial charge in [-0.25, -0.2) is 0 Å². The fourth-order valence-electron chi connectivity index (χ4n) is 3.35. The molecule has 0 radical (unpaired) electrons. The Morgan fingerprint density at radius 2 is 1.15 bits per heavy atom. The number of hydrogen-bond donors (Lipinski definition) is 2. The summed E-state index contributed by atoms with van der Waals surface area (Å²) < 4.78 is 30.1. The summed E-state index contributed by atoms with van der Waals surface area (Å²) in [6.45, 7) is 7.23. The van der Waals surface area contributed by atoms with E-state index in [9.17, 15) is 8.42 Å². The van der Waals surface area contributed by atoms with Gasteiger partial charge in [0.25, 0.3) is 10.1 Å². The number of nitrogens with one attached hydrogen (secondary N) is 1. The fourth-order valence-corrected chi connectivity index (χ4v) is 3.86. The van der Waals surface area contributed by atoms with Crippen LogP contribution < -0.4 is 5.32 Å². The van der Waals surface area contributed by atoms with Crippen LogP contribution in [0.4, 0.5) is 0 Å². The standard InChI is InChI=1S/C21H45NO3S/c1-4-5-6-7-8-9-10-11-12-13-14-15-16-18-21(2,3)22-19-17-20-26(23,24)25/h22H,4-20H2,1-3H3,(H,23,24,25). The molecule has 0 saturated carbocycles. The maximum Gasteiger partial charge on any atom is 0.264 e. The molecule has 4 nitrogen and oxygen atoms in total. The summed E-state index contributed by atoms with van der Waals surface area (Å²) in [6, 6.07) is 0. The van der Waals surface area contributed by atoms with Crippen LogP contribution in [0.5, 0.6) is 0 Å². The van der Waals surface area contributed by atoms with Gasteiger partial charge in [0.15, 0.2) is 0 Å². The van der Waals surface area contributed by atoms with Gasteiger partial charge in [-0.05, 0) is 33.2 Å². The highest BCUT2D eigenvalue weighted by molar-refractivity contribution is 7.85. The van der Waals surface area contributed by atoms with Gasteiger partial charge in [-0.2, -0.15) is 8.42 Å². The van der Waals surface area contributed by atoms with Crippen LogP contribution in [0.3, 0.4) is 0 Å². The lowest BCUT2D eigenvalue weighted by Gasteiger charge is -2.26. The minimum atomic E-state index is -3.82. The molecule has 0 aromatic heterocycles. The van der Waals surface area contributed by atoms with Crippen molar-refractivity contribution in [3.05, 3.63) is 0 Å². The van der Waals surface area contributed by atoms with Crippen molar-refractivity contribution in [3.63, 3.8) is 0 Å². The molecule has 0 amide bonds. The molecule has 158 valence electrons. The molecular formula is C21H45NO3S. The van der Waals surface area contributed by atoms with Crippen molar-refractivity contribution >= 4 is 10.1 Å². The van der Waals surface area contributed by atoms with Crippen molar-refractivity contribution in [2.24, 2.45) is 0 Å². The van der Waals surface area contributed by atoms with Gasteiger partial charge >= 0.3 is 0 Å². The zero-order valence-electron chi connectivity index (χ0n) is 17.7. The Morgan fingerprint density at radius 1 is 0.731 bits per heavy atom. The maximum absolute atomic E-state index is 10.7. The van der Waals surface area contributed by atoms with Crippen LogP contribution in [-0.2, 0) is 10.1 Å². The number of rotatable bonds is 19. The van der Waals surface area contributed by atoms with Crippen molar-refractivity contribution in [1.82, 2.24) is 5.32 Å². The molecule has 0 aliphatic carbocycles. The molecule has 0 bridgehead atoms. The van der Waals surface area contributed by atoms with Crippen molar-refractivity contribution < 1.29 is 13.0 Å². The third-order valence-electron chi connectivity index (χ3n) is 5.09. The highest BCUT2D eigenvalue weighted by atomic mass is 32.2. The quantitative estimate of drug-likeness (QED) is 0.206. The molecule has 5 heteroatoms. The largest absolute Gasteiger partial charge is 0.312 e. The van der Waals surface area contributed by atoms with Crippen molar-refractivity contribution in [1.29, 1.82) is 0 Å². The summed E-state index contributed by atoms with van der Waals surface area (Å²) in [6.07, 6.45) is 19.4. The molecule has 0 unspecified atom stereocenters. The van der Waals surface area contributed by atoms with E-state index >= 15 is 0 Å². The Hall–Kier alpha value is -0.130. The van der Waals surface area contributed by atoms with Crippen LogP contribution in [0.15, 0.2) is 0 Å². The molecular weight excluding hydrogens is 346 g/mol. The van der Waals surface area contributed by atoms with E-state index in [1.165, 1.54) is 83.5 Å². The Bertz CT molecular complexity index is 407. The van der Waals surface area contributed by atoms with E-state index in [0.717, 1.165) is 6.42 Å². The SMILES string of the molecule is CCCCCCCCCCCCCCCC(C)(C)NCCCS(=O)(=O)O. The molecule has 0 aromatic carbocycles. The van der Waals surface area contributed by atoms with E-state index < -0.39 is 10.1 Å². The molecule has 0 heterocycles. The molecule has 0 atom stereocenters. The van der Waals surface area contributed by atoms with E-state index in [1.54, 1.807) is 0 Å². The van der Waals surface area contributed by atoms with Gasteiger partial charge in [-0.1, -0.05) is 90.4 Å². The topological polar surface area (TPSA) is 66.4 Å². The Kier molecular flexibility index (Phi) is 15.8. The summed E-state index contributed by atoms with van der Waals surface area (Å²) in [5, 5.41) is 3.40. The number of hydrogen-bond acceptors (Lipinski definition) is 3. The number of unbranched alkanes of at least 4 members (excludes halogenated alkanes) is 12. The van der Waals surface area contributed by atoms with Gasteiger partial charge in [0.05, 0.1) is 5.75 Å². The second kappa shape index (κ2) is 15.9. The van der Waals surface area contributed by atoms with Gasteiger partial charge in [-0.15, -0.1) is 0 Å². The zero-order chi connectivity index (χ0) is 19.7. The van der Waals surface area contributed by atoms with E-state index in [0.29, 0.717) is 13.0 Å². The summed E-state index contributed by atoms with van der Waals surface area (Å²) in [7, 11) is -3.82. The van der Waals surface area contributed by atoms with Gasteiger partial charge in [0, 0.05) is 5.54 Å². The monoisotopic (exact) mass is 391 g/mol. The molecule has 26 heavy (non-hydrogen) atoms. The summed E-state index contributed by atoms with van der Waals surface area (Å²) in [5.74, 6) is -0.158. The Labute approximate surface area is 163 Å². The lowest BCUT2D eigenvalue weighted by Crippen LogP contribution is -2.40. The molecule has 0 aliphatic heterocycles. The second-order valence-electron chi connectivity index (χ2n) is 8.44. The third kappa shape index (κ3) is 20.2. The van der Waals surface area contributed by atoms with Crippen LogP contribution in [0.1, 0.15) is 117 Å². The molecule has 0 rings (SSSR count). The van der Waals surface area contributed by atoms with Crippen LogP contribution >= 0.6 is 0 Å². The van der Waals surface area contributed by atoms with E-state index in [2.05, 4.69) is 26.1 Å². The smallest absolute Gasteiger partial charge is 0.264 e. The highest BCUT2D eigenvalue weighted by Gasteiger charge is 2.16. The molecule has 2 N–H and O–H groups in total. The van der Waals surface area contributed by atoms with Crippen LogP contribution in [0.25, 0.3) is 0 Å². The lowest BCUT2D eigenvalue weighted by atomic mass is 9.95. The van der Waals surface area contributed by atoms with Crippen LogP contribution in [-0.4, -0.2) is 30.8 Å². The average molecular weight is 392 g/mol. The Balaban J connectivity index is 3.37. The van der Waals surface area contributed by atoms with Crippen molar-refractivity contribution in [2.45, 2.75) is 123 Å². The molecule has 0 saturated heterocycles. The van der Waals surface area contributed by atoms with E-state index in [4.69, 9.17) is 4.55 Å². The minimum absolute atomic E-state index is 0.0387. The first-order valence-electron chi connectivity index (χ1n) is 11.0. The van der Waals surface area contributed by atoms with Gasteiger partial charge in [0.2, 0.25) is 0 Å². The predicted molar refractivity (Wildman–Crippen MR) is 113 cm³/mol. The second-order valence-corrected chi connectivity index (χ2v) is 10.0. The van der Waals surface area contributed by atoms with E-state index in [-0.39, 0.29) is 11.3 Å². The fraction of sp³-hybridized carbons (Fsp3) is 1.00. The first-order valence-corrected chi connectivity index (χ1v) is 12.6. The van der Waals surface area contributed by atoms with Gasteiger partial charge in [0.1, 0.15) is 0 Å². The van der Waals surface area contributed by atoms with Gasteiger partial charge in [-0.3, -0.25) is 4.55 Å². The van der Waals surface area contributed by atoms with E-state index in [1.807, 2.05) is 0 Å².